The highest BCUT2D eigenvalue weighted by Gasteiger charge is 2.29. The molecule has 1 N–H and O–H groups in total. The average molecular weight is 527 g/mol. The zero-order valence-corrected chi connectivity index (χ0v) is 21.9. The van der Waals surface area contributed by atoms with E-state index in [1.807, 2.05) is 44.2 Å². The van der Waals surface area contributed by atoms with Gasteiger partial charge in [-0.25, -0.2) is 17.6 Å². The number of carboxylic acid groups (broad SMARTS) is 1. The highest BCUT2D eigenvalue weighted by Crippen LogP contribution is 2.26. The topological polar surface area (TPSA) is 95.0 Å². The van der Waals surface area contributed by atoms with Crippen molar-refractivity contribution in [2.45, 2.75) is 37.6 Å². The number of carbonyl (C=O) groups excluding carboxylic acids is 1. The zero-order valence-electron chi connectivity index (χ0n) is 21.0. The molecule has 0 saturated carbocycles. The SMILES string of the molecule is CC(C)C[C@@H](C(=O)O)N(C)C(=O)c1ccc(N(CCc2ccccc2)S(=O)(=O)c2ccc(F)cc2)cc1. The lowest BCUT2D eigenvalue weighted by atomic mass is 10.0. The Morgan fingerprint density at radius 1 is 0.919 bits per heavy atom. The Morgan fingerprint density at radius 3 is 2.05 bits per heavy atom. The third-order valence-electron chi connectivity index (χ3n) is 6.02. The number of rotatable bonds is 11. The molecule has 0 aliphatic rings. The summed E-state index contributed by atoms with van der Waals surface area (Å²) in [7, 11) is -2.59. The molecular weight excluding hydrogens is 495 g/mol. The zero-order chi connectivity index (χ0) is 27.2. The highest BCUT2D eigenvalue weighted by molar-refractivity contribution is 7.92. The van der Waals surface area contributed by atoms with E-state index >= 15 is 0 Å². The Hall–Kier alpha value is -3.72. The summed E-state index contributed by atoms with van der Waals surface area (Å²) in [6.07, 6.45) is 0.735. The molecule has 0 spiro atoms. The summed E-state index contributed by atoms with van der Waals surface area (Å²) in [6.45, 7) is 3.88. The Bertz CT molecular complexity index is 1310. The predicted molar refractivity (Wildman–Crippen MR) is 140 cm³/mol. The average Bonchev–Trinajstić information content (AvgIpc) is 2.87. The van der Waals surface area contributed by atoms with Crippen LogP contribution >= 0.6 is 0 Å². The van der Waals surface area contributed by atoms with Gasteiger partial charge in [0.05, 0.1) is 10.6 Å². The highest BCUT2D eigenvalue weighted by atomic mass is 32.2. The molecule has 3 rings (SSSR count). The van der Waals surface area contributed by atoms with Crippen molar-refractivity contribution in [3.8, 4) is 0 Å². The molecule has 0 unspecified atom stereocenters. The molecule has 1 atom stereocenters. The molecule has 3 aromatic carbocycles. The van der Waals surface area contributed by atoms with Crippen molar-refractivity contribution in [1.82, 2.24) is 4.90 Å². The number of sulfonamides is 1. The minimum atomic E-state index is -4.04. The molecule has 7 nitrogen and oxygen atoms in total. The van der Waals surface area contributed by atoms with Gasteiger partial charge in [-0.3, -0.25) is 9.10 Å². The standard InChI is InChI=1S/C28H31FN2O5S/c1-20(2)19-26(28(33)34)30(3)27(32)22-9-13-24(14-10-22)31(18-17-21-7-5-4-6-8-21)37(35,36)25-15-11-23(29)12-16-25/h4-16,20,26H,17-19H2,1-3H3,(H,33,34)/t26-/m0/s1. The van der Waals surface area contributed by atoms with Gasteiger partial charge >= 0.3 is 5.97 Å². The first-order chi connectivity index (χ1) is 17.5. The van der Waals surface area contributed by atoms with Gasteiger partial charge < -0.3 is 10.0 Å². The number of hydrogen-bond donors (Lipinski definition) is 1. The van der Waals surface area contributed by atoms with Gasteiger partial charge in [-0.15, -0.1) is 0 Å². The van der Waals surface area contributed by atoms with E-state index in [-0.39, 0.29) is 22.9 Å². The summed E-state index contributed by atoms with van der Waals surface area (Å²) in [6, 6.07) is 19.1. The van der Waals surface area contributed by atoms with Gasteiger partial charge in [-0.2, -0.15) is 0 Å². The second kappa shape index (κ2) is 12.0. The van der Waals surface area contributed by atoms with Gasteiger partial charge in [-0.1, -0.05) is 44.2 Å². The molecular formula is C28H31FN2O5S. The number of anilines is 1. The lowest BCUT2D eigenvalue weighted by Crippen LogP contribution is -2.43. The van der Waals surface area contributed by atoms with E-state index in [1.54, 1.807) is 0 Å². The van der Waals surface area contributed by atoms with Crippen LogP contribution in [-0.4, -0.2) is 49.9 Å². The molecule has 0 aliphatic carbocycles. The summed E-state index contributed by atoms with van der Waals surface area (Å²) in [5.41, 5.74) is 1.51. The number of amides is 1. The van der Waals surface area contributed by atoms with Crippen LogP contribution in [0.25, 0.3) is 0 Å². The van der Waals surface area contributed by atoms with Crippen molar-refractivity contribution in [2.24, 2.45) is 5.92 Å². The van der Waals surface area contributed by atoms with E-state index in [0.717, 1.165) is 17.7 Å². The molecule has 0 bridgehead atoms. The van der Waals surface area contributed by atoms with Gasteiger partial charge in [0, 0.05) is 19.2 Å². The fourth-order valence-corrected chi connectivity index (χ4v) is 5.45. The van der Waals surface area contributed by atoms with Gasteiger partial charge in [0.25, 0.3) is 15.9 Å². The number of likely N-dealkylation sites (N-methyl/N-ethyl adjacent to an activating group) is 1. The third kappa shape index (κ3) is 6.95. The van der Waals surface area contributed by atoms with E-state index in [1.165, 1.54) is 52.7 Å². The van der Waals surface area contributed by atoms with Crippen molar-refractivity contribution in [3.05, 3.63) is 95.8 Å². The first kappa shape index (κ1) is 27.9. The molecule has 0 aromatic heterocycles. The van der Waals surface area contributed by atoms with Gasteiger partial charge in [0.2, 0.25) is 0 Å². The molecule has 0 fully saturated rings. The lowest BCUT2D eigenvalue weighted by molar-refractivity contribution is -0.142. The van der Waals surface area contributed by atoms with Crippen molar-refractivity contribution < 1.29 is 27.5 Å². The fraction of sp³-hybridized carbons (Fsp3) is 0.286. The van der Waals surface area contributed by atoms with Crippen molar-refractivity contribution >= 4 is 27.6 Å². The lowest BCUT2D eigenvalue weighted by Gasteiger charge is -2.27. The summed E-state index contributed by atoms with van der Waals surface area (Å²) in [5, 5.41) is 9.58. The smallest absolute Gasteiger partial charge is 0.326 e. The second-order valence-corrected chi connectivity index (χ2v) is 11.1. The maximum Gasteiger partial charge on any atom is 0.326 e. The molecule has 196 valence electrons. The normalized spacial score (nSPS) is 12.2. The van der Waals surface area contributed by atoms with E-state index in [9.17, 15) is 27.5 Å². The number of halogens is 1. The number of carboxylic acids is 1. The minimum Gasteiger partial charge on any atom is -0.480 e. The molecule has 0 aliphatic heterocycles. The van der Waals surface area contributed by atoms with Crippen LogP contribution in [0.3, 0.4) is 0 Å². The van der Waals surface area contributed by atoms with E-state index < -0.39 is 33.8 Å². The number of nitrogens with zero attached hydrogens (tertiary/aromatic N) is 2. The second-order valence-electron chi connectivity index (χ2n) is 9.21. The van der Waals surface area contributed by atoms with Crippen LogP contribution in [0.15, 0.2) is 83.8 Å². The summed E-state index contributed by atoms with van der Waals surface area (Å²) in [4.78, 5) is 25.9. The minimum absolute atomic E-state index is 0.0557. The quantitative estimate of drug-likeness (QED) is 0.386. The number of benzene rings is 3. The maximum absolute atomic E-state index is 13.5. The van der Waals surface area contributed by atoms with Crippen LogP contribution in [0.2, 0.25) is 0 Å². The molecule has 0 heterocycles. The van der Waals surface area contributed by atoms with Crippen molar-refractivity contribution in [1.29, 1.82) is 0 Å². The summed E-state index contributed by atoms with van der Waals surface area (Å²) < 4.78 is 41.7. The monoisotopic (exact) mass is 526 g/mol. The van der Waals surface area contributed by atoms with Crippen LogP contribution in [0.4, 0.5) is 10.1 Å². The van der Waals surface area contributed by atoms with Gasteiger partial charge in [0.1, 0.15) is 11.9 Å². The predicted octanol–water partition coefficient (Wildman–Crippen LogP) is 4.84. The van der Waals surface area contributed by atoms with Crippen LogP contribution in [-0.2, 0) is 21.2 Å². The van der Waals surface area contributed by atoms with Crippen molar-refractivity contribution in [2.75, 3.05) is 17.9 Å². The summed E-state index contributed by atoms with van der Waals surface area (Å²) in [5.74, 6) is -2.03. The summed E-state index contributed by atoms with van der Waals surface area (Å²) >= 11 is 0. The van der Waals surface area contributed by atoms with Crippen molar-refractivity contribution in [3.63, 3.8) is 0 Å². The first-order valence-corrected chi connectivity index (χ1v) is 13.4. The molecule has 37 heavy (non-hydrogen) atoms. The molecule has 3 aromatic rings. The Morgan fingerprint density at radius 2 is 1.51 bits per heavy atom. The molecule has 1 amide bonds. The number of aliphatic carboxylic acids is 1. The van der Waals surface area contributed by atoms with E-state index in [0.29, 0.717) is 18.5 Å². The number of hydrogen-bond acceptors (Lipinski definition) is 4. The fourth-order valence-electron chi connectivity index (χ4n) is 3.98. The maximum atomic E-state index is 13.5. The van der Waals surface area contributed by atoms with E-state index in [2.05, 4.69) is 0 Å². The molecule has 0 radical (unpaired) electrons. The van der Waals surface area contributed by atoms with Crippen LogP contribution in [0.1, 0.15) is 36.2 Å². The largest absolute Gasteiger partial charge is 0.480 e. The molecule has 0 saturated heterocycles. The van der Waals surface area contributed by atoms with Gasteiger partial charge in [-0.05, 0) is 72.9 Å². The first-order valence-electron chi connectivity index (χ1n) is 11.9. The number of carbonyl (C=O) groups is 2. The Balaban J connectivity index is 1.91. The van der Waals surface area contributed by atoms with Crippen LogP contribution < -0.4 is 4.31 Å². The Labute approximate surface area is 217 Å². The Kier molecular flexibility index (Phi) is 9.04. The van der Waals surface area contributed by atoms with Crippen LogP contribution in [0, 0.1) is 11.7 Å². The molecule has 9 heteroatoms. The van der Waals surface area contributed by atoms with Gasteiger partial charge in [0.15, 0.2) is 0 Å². The van der Waals surface area contributed by atoms with Crippen LogP contribution in [0.5, 0.6) is 0 Å². The third-order valence-corrected chi connectivity index (χ3v) is 7.86. The van der Waals surface area contributed by atoms with E-state index in [4.69, 9.17) is 0 Å².